The van der Waals surface area contributed by atoms with Crippen molar-refractivity contribution in [3.05, 3.63) is 23.7 Å². The van der Waals surface area contributed by atoms with Crippen LogP contribution in [0.4, 0.5) is 17.2 Å². The molecule has 2 N–H and O–H groups in total. The van der Waals surface area contributed by atoms with Crippen molar-refractivity contribution in [2.24, 2.45) is 0 Å². The summed E-state index contributed by atoms with van der Waals surface area (Å²) in [4.78, 5) is 9.07. The van der Waals surface area contributed by atoms with Gasteiger partial charge in [0.25, 0.3) is 0 Å². The summed E-state index contributed by atoms with van der Waals surface area (Å²) in [5.74, 6) is 0.697. The van der Waals surface area contributed by atoms with E-state index >= 15 is 0 Å². The lowest BCUT2D eigenvalue weighted by Gasteiger charge is -2.13. The predicted molar refractivity (Wildman–Crippen MR) is 49.2 cm³/mol. The normalized spacial score (nSPS) is 9.08. The molecular formula is C8H10N4. The van der Waals surface area contributed by atoms with E-state index in [1.807, 2.05) is 19.0 Å². The van der Waals surface area contributed by atoms with E-state index in [0.29, 0.717) is 17.2 Å². The fraction of sp³-hybridized carbons (Fsp3) is 0.250. The van der Waals surface area contributed by atoms with Crippen molar-refractivity contribution in [1.82, 2.24) is 4.98 Å². The molecule has 0 atom stereocenters. The second-order valence-corrected chi connectivity index (χ2v) is 2.61. The lowest BCUT2D eigenvalue weighted by atomic mass is 10.3. The van der Waals surface area contributed by atoms with Gasteiger partial charge < -0.3 is 10.6 Å². The first-order chi connectivity index (χ1) is 5.65. The van der Waals surface area contributed by atoms with Gasteiger partial charge in [-0.3, -0.25) is 0 Å². The van der Waals surface area contributed by atoms with E-state index in [2.05, 4.69) is 9.83 Å². The van der Waals surface area contributed by atoms with Crippen LogP contribution in [-0.2, 0) is 0 Å². The van der Waals surface area contributed by atoms with Crippen molar-refractivity contribution in [1.29, 1.82) is 0 Å². The average Bonchev–Trinajstić information content (AvgIpc) is 2.03. The molecule has 0 spiro atoms. The molecule has 12 heavy (non-hydrogen) atoms. The summed E-state index contributed by atoms with van der Waals surface area (Å²) in [6.07, 6.45) is 1.51. The summed E-state index contributed by atoms with van der Waals surface area (Å²) in [6, 6.07) is 1.62. The number of hydrogen-bond acceptors (Lipinski definition) is 3. The predicted octanol–water partition coefficient (Wildman–Crippen LogP) is 1.28. The average molecular weight is 162 g/mol. The van der Waals surface area contributed by atoms with Gasteiger partial charge in [-0.1, -0.05) is 0 Å². The highest BCUT2D eigenvalue weighted by molar-refractivity contribution is 5.67. The fourth-order valence-electron chi connectivity index (χ4n) is 0.898. The van der Waals surface area contributed by atoms with E-state index in [-0.39, 0.29) is 0 Å². The minimum Gasteiger partial charge on any atom is -0.397 e. The topological polar surface area (TPSA) is 46.5 Å². The number of rotatable bonds is 1. The highest BCUT2D eigenvalue weighted by Gasteiger charge is 2.02. The van der Waals surface area contributed by atoms with Crippen molar-refractivity contribution in [2.75, 3.05) is 24.7 Å². The Morgan fingerprint density at radius 3 is 2.67 bits per heavy atom. The molecule has 0 aliphatic heterocycles. The number of nitrogens with two attached hydrogens (primary N) is 1. The second-order valence-electron chi connectivity index (χ2n) is 2.61. The lowest BCUT2D eigenvalue weighted by Crippen LogP contribution is -2.12. The Labute approximate surface area is 71.4 Å². The molecule has 1 rings (SSSR count). The van der Waals surface area contributed by atoms with Crippen molar-refractivity contribution < 1.29 is 0 Å². The summed E-state index contributed by atoms with van der Waals surface area (Å²) >= 11 is 0. The van der Waals surface area contributed by atoms with Crippen LogP contribution in [0.1, 0.15) is 0 Å². The zero-order valence-electron chi connectivity index (χ0n) is 7.07. The van der Waals surface area contributed by atoms with Gasteiger partial charge >= 0.3 is 0 Å². The van der Waals surface area contributed by atoms with Gasteiger partial charge in [0.05, 0.1) is 12.3 Å². The number of anilines is 2. The molecule has 1 heterocycles. The highest BCUT2D eigenvalue weighted by atomic mass is 15.1. The molecule has 0 unspecified atom stereocenters. The summed E-state index contributed by atoms with van der Waals surface area (Å²) in [5.41, 5.74) is 6.66. The summed E-state index contributed by atoms with van der Waals surface area (Å²) in [6.45, 7) is 6.73. The molecule has 0 amide bonds. The minimum atomic E-state index is 0.470. The fourth-order valence-corrected chi connectivity index (χ4v) is 0.898. The number of nitrogen functional groups attached to an aromatic ring is 1. The first-order valence-corrected chi connectivity index (χ1v) is 3.45. The van der Waals surface area contributed by atoms with Crippen molar-refractivity contribution in [3.8, 4) is 0 Å². The molecule has 0 aromatic carbocycles. The smallest absolute Gasteiger partial charge is 0.207 e. The van der Waals surface area contributed by atoms with Crippen LogP contribution in [0.15, 0.2) is 12.3 Å². The maximum Gasteiger partial charge on any atom is 0.207 e. The van der Waals surface area contributed by atoms with Gasteiger partial charge in [0.1, 0.15) is 5.82 Å². The quantitative estimate of drug-likeness (QED) is 0.633. The van der Waals surface area contributed by atoms with Gasteiger partial charge in [0, 0.05) is 20.3 Å². The number of nitrogens with zero attached hydrogens (tertiary/aromatic N) is 3. The summed E-state index contributed by atoms with van der Waals surface area (Å²) in [5, 5.41) is 0. The van der Waals surface area contributed by atoms with Crippen LogP contribution in [-0.4, -0.2) is 19.1 Å². The van der Waals surface area contributed by atoms with Gasteiger partial charge in [-0.25, -0.2) is 9.83 Å². The Hall–Kier alpha value is -1.76. The van der Waals surface area contributed by atoms with E-state index in [9.17, 15) is 0 Å². The number of hydrogen-bond donors (Lipinski definition) is 1. The molecule has 1 aromatic heterocycles. The zero-order valence-corrected chi connectivity index (χ0v) is 7.07. The monoisotopic (exact) mass is 162 g/mol. The molecule has 0 saturated carbocycles. The van der Waals surface area contributed by atoms with Crippen molar-refractivity contribution in [2.45, 2.75) is 0 Å². The SMILES string of the molecule is [C-]#[N+]c1cnc(N(C)C)c(N)c1. The Bertz CT molecular complexity index is 324. The van der Waals surface area contributed by atoms with Gasteiger partial charge in [-0.2, -0.15) is 0 Å². The molecule has 0 saturated heterocycles. The maximum atomic E-state index is 6.73. The Balaban J connectivity index is 3.14. The second kappa shape index (κ2) is 3.09. The Morgan fingerprint density at radius 2 is 2.25 bits per heavy atom. The minimum absolute atomic E-state index is 0.470. The standard InChI is InChI=1S/C8H10N4/c1-10-6-4-7(9)8(11-5-6)12(2)3/h4-5H,9H2,2-3H3. The number of aromatic nitrogens is 1. The highest BCUT2D eigenvalue weighted by Crippen LogP contribution is 2.22. The Morgan fingerprint density at radius 1 is 1.58 bits per heavy atom. The third-order valence-corrected chi connectivity index (χ3v) is 1.43. The van der Waals surface area contributed by atoms with E-state index in [0.717, 1.165) is 0 Å². The van der Waals surface area contributed by atoms with E-state index in [4.69, 9.17) is 12.3 Å². The van der Waals surface area contributed by atoms with Crippen LogP contribution in [0.25, 0.3) is 4.85 Å². The third-order valence-electron chi connectivity index (χ3n) is 1.43. The van der Waals surface area contributed by atoms with Crippen LogP contribution in [0, 0.1) is 6.57 Å². The van der Waals surface area contributed by atoms with Crippen LogP contribution < -0.4 is 10.6 Å². The Kier molecular flexibility index (Phi) is 2.15. The molecule has 4 heteroatoms. The molecule has 1 aromatic rings. The first-order valence-electron chi connectivity index (χ1n) is 3.45. The summed E-state index contributed by atoms with van der Waals surface area (Å²) < 4.78 is 0. The van der Waals surface area contributed by atoms with Crippen LogP contribution in [0.2, 0.25) is 0 Å². The molecule has 62 valence electrons. The van der Waals surface area contributed by atoms with Gasteiger partial charge in [0.2, 0.25) is 5.69 Å². The molecule has 0 bridgehead atoms. The van der Waals surface area contributed by atoms with E-state index < -0.39 is 0 Å². The largest absolute Gasteiger partial charge is 0.397 e. The van der Waals surface area contributed by atoms with Gasteiger partial charge in [0.15, 0.2) is 0 Å². The third kappa shape index (κ3) is 1.45. The first kappa shape index (κ1) is 8.34. The molecule has 4 nitrogen and oxygen atoms in total. The lowest BCUT2D eigenvalue weighted by molar-refractivity contribution is 1.07. The zero-order chi connectivity index (χ0) is 9.14. The molecular weight excluding hydrogens is 152 g/mol. The maximum absolute atomic E-state index is 6.73. The molecule has 0 aliphatic carbocycles. The molecule has 0 aliphatic rings. The van der Waals surface area contributed by atoms with E-state index in [1.165, 1.54) is 6.20 Å². The molecule has 0 radical (unpaired) electrons. The molecule has 0 fully saturated rings. The van der Waals surface area contributed by atoms with E-state index in [1.54, 1.807) is 6.07 Å². The van der Waals surface area contributed by atoms with Gasteiger partial charge in [-0.15, -0.1) is 0 Å². The van der Waals surface area contributed by atoms with Crippen molar-refractivity contribution in [3.63, 3.8) is 0 Å². The van der Waals surface area contributed by atoms with Gasteiger partial charge in [-0.05, 0) is 6.07 Å². The number of pyridine rings is 1. The summed E-state index contributed by atoms with van der Waals surface area (Å²) in [7, 11) is 3.71. The van der Waals surface area contributed by atoms with Crippen LogP contribution in [0.3, 0.4) is 0 Å². The van der Waals surface area contributed by atoms with Crippen molar-refractivity contribution >= 4 is 17.2 Å². The van der Waals surface area contributed by atoms with Crippen LogP contribution in [0.5, 0.6) is 0 Å². The van der Waals surface area contributed by atoms with Crippen LogP contribution >= 0.6 is 0 Å².